The average Bonchev–Trinajstić information content (AvgIpc) is 3.71. The highest BCUT2D eigenvalue weighted by atomic mass is 32.1. The van der Waals surface area contributed by atoms with Crippen molar-refractivity contribution in [3.05, 3.63) is 99.4 Å². The standard InChI is InChI=1S/C31H25N5O4S/c1-2-14-38-24-11-8-20(9-12-24)29-32-31-36(34-29)30(37)27(41-31)18-22-19-35(23-6-4-3-5-7-23)33-28(22)21-10-13-25-26(17-21)40-16-15-39-25/h3-13,17-19H,2,14-16H2,1H3. The molecule has 4 heterocycles. The van der Waals surface area contributed by atoms with E-state index in [2.05, 4.69) is 17.0 Å². The highest BCUT2D eigenvalue weighted by Gasteiger charge is 2.18. The zero-order valence-corrected chi connectivity index (χ0v) is 23.0. The van der Waals surface area contributed by atoms with Crippen molar-refractivity contribution >= 4 is 22.4 Å². The Balaban J connectivity index is 1.29. The minimum Gasteiger partial charge on any atom is -0.494 e. The first-order chi connectivity index (χ1) is 20.2. The molecule has 6 aromatic rings. The van der Waals surface area contributed by atoms with Crippen molar-refractivity contribution in [2.24, 2.45) is 0 Å². The fraction of sp³-hybridized carbons (Fsp3) is 0.161. The van der Waals surface area contributed by atoms with E-state index in [-0.39, 0.29) is 5.56 Å². The lowest BCUT2D eigenvalue weighted by molar-refractivity contribution is 0.171. The second kappa shape index (κ2) is 10.5. The number of aromatic nitrogens is 5. The van der Waals surface area contributed by atoms with Gasteiger partial charge < -0.3 is 14.2 Å². The third-order valence-electron chi connectivity index (χ3n) is 6.63. The van der Waals surface area contributed by atoms with Crippen molar-refractivity contribution in [3.63, 3.8) is 0 Å². The van der Waals surface area contributed by atoms with E-state index in [9.17, 15) is 4.79 Å². The Morgan fingerprint density at radius 3 is 2.51 bits per heavy atom. The maximum atomic E-state index is 13.4. The third-order valence-corrected chi connectivity index (χ3v) is 7.59. The van der Waals surface area contributed by atoms with E-state index in [1.807, 2.05) is 89.8 Å². The van der Waals surface area contributed by atoms with Gasteiger partial charge in [0.15, 0.2) is 17.3 Å². The molecule has 0 spiro atoms. The van der Waals surface area contributed by atoms with Crippen LogP contribution in [-0.4, -0.2) is 44.2 Å². The van der Waals surface area contributed by atoms with Gasteiger partial charge in [-0.15, -0.1) is 5.10 Å². The Morgan fingerprint density at radius 1 is 0.951 bits per heavy atom. The Hall–Kier alpha value is -4.96. The summed E-state index contributed by atoms with van der Waals surface area (Å²) in [6.07, 6.45) is 4.71. The molecule has 0 saturated carbocycles. The molecule has 0 amide bonds. The van der Waals surface area contributed by atoms with Crippen LogP contribution in [0.4, 0.5) is 0 Å². The third kappa shape index (κ3) is 4.82. The monoisotopic (exact) mass is 563 g/mol. The van der Waals surface area contributed by atoms with Gasteiger partial charge in [0.05, 0.1) is 16.8 Å². The molecule has 7 rings (SSSR count). The number of hydrogen-bond acceptors (Lipinski definition) is 8. The lowest BCUT2D eigenvalue weighted by Gasteiger charge is -2.18. The number of nitrogens with zero attached hydrogens (tertiary/aromatic N) is 5. The smallest absolute Gasteiger partial charge is 0.291 e. The normalized spacial score (nSPS) is 13.1. The highest BCUT2D eigenvalue weighted by molar-refractivity contribution is 7.15. The van der Waals surface area contributed by atoms with Crippen molar-refractivity contribution in [1.82, 2.24) is 24.4 Å². The molecule has 1 aliphatic rings. The first kappa shape index (κ1) is 25.0. The van der Waals surface area contributed by atoms with Gasteiger partial charge in [0.1, 0.15) is 24.7 Å². The summed E-state index contributed by atoms with van der Waals surface area (Å²) in [7, 11) is 0. The molecule has 0 unspecified atom stereocenters. The van der Waals surface area contributed by atoms with Crippen LogP contribution in [-0.2, 0) is 0 Å². The largest absolute Gasteiger partial charge is 0.494 e. The van der Waals surface area contributed by atoms with Crippen molar-refractivity contribution in [2.75, 3.05) is 19.8 Å². The highest BCUT2D eigenvalue weighted by Crippen LogP contribution is 2.35. The predicted molar refractivity (Wildman–Crippen MR) is 157 cm³/mol. The van der Waals surface area contributed by atoms with Crippen LogP contribution in [0.15, 0.2) is 83.8 Å². The second-order valence-corrected chi connectivity index (χ2v) is 10.5. The Bertz CT molecular complexity index is 1960. The molecule has 9 nitrogen and oxygen atoms in total. The molecule has 204 valence electrons. The Kier molecular flexibility index (Phi) is 6.44. The molecule has 1 aliphatic heterocycles. The molecular weight excluding hydrogens is 538 g/mol. The fourth-order valence-corrected chi connectivity index (χ4v) is 5.54. The van der Waals surface area contributed by atoms with Gasteiger partial charge in [-0.25, -0.2) is 4.68 Å². The van der Waals surface area contributed by atoms with Gasteiger partial charge >= 0.3 is 0 Å². The summed E-state index contributed by atoms with van der Waals surface area (Å²) >= 11 is 1.30. The molecular formula is C31H25N5O4S. The average molecular weight is 564 g/mol. The van der Waals surface area contributed by atoms with Crippen LogP contribution in [0.5, 0.6) is 17.2 Å². The van der Waals surface area contributed by atoms with E-state index in [0.29, 0.717) is 46.6 Å². The Morgan fingerprint density at radius 2 is 1.73 bits per heavy atom. The van der Waals surface area contributed by atoms with Crippen LogP contribution in [0.3, 0.4) is 0 Å². The SMILES string of the molecule is CCCOc1ccc(-c2nc3sc(=Cc4cn(-c5ccccc5)nc4-c4ccc5c(c4)OCCO5)c(=O)n3n2)cc1. The van der Waals surface area contributed by atoms with Gasteiger partial charge in [0, 0.05) is 22.9 Å². The maximum Gasteiger partial charge on any atom is 0.291 e. The van der Waals surface area contributed by atoms with Crippen LogP contribution in [0.25, 0.3) is 39.4 Å². The number of fused-ring (bicyclic) bond motifs is 2. The van der Waals surface area contributed by atoms with Crippen molar-refractivity contribution < 1.29 is 14.2 Å². The summed E-state index contributed by atoms with van der Waals surface area (Å²) in [5, 5.41) is 9.40. The fourth-order valence-electron chi connectivity index (χ4n) is 4.64. The summed E-state index contributed by atoms with van der Waals surface area (Å²) in [6.45, 7) is 3.75. The van der Waals surface area contributed by atoms with E-state index in [0.717, 1.165) is 40.2 Å². The minimum atomic E-state index is -0.229. The number of benzene rings is 3. The number of hydrogen-bond donors (Lipinski definition) is 0. The lowest BCUT2D eigenvalue weighted by atomic mass is 10.1. The molecule has 3 aromatic carbocycles. The van der Waals surface area contributed by atoms with E-state index < -0.39 is 0 Å². The van der Waals surface area contributed by atoms with Crippen LogP contribution < -0.4 is 24.3 Å². The molecule has 0 fully saturated rings. The van der Waals surface area contributed by atoms with Gasteiger partial charge in [0.2, 0.25) is 4.96 Å². The van der Waals surface area contributed by atoms with Gasteiger partial charge in [-0.2, -0.15) is 14.6 Å². The number of thiazole rings is 1. The summed E-state index contributed by atoms with van der Waals surface area (Å²) in [6, 6.07) is 23.2. The second-order valence-electron chi connectivity index (χ2n) is 9.49. The number of para-hydroxylation sites is 1. The summed E-state index contributed by atoms with van der Waals surface area (Å²) < 4.78 is 20.9. The van der Waals surface area contributed by atoms with E-state index in [1.165, 1.54) is 15.9 Å². The van der Waals surface area contributed by atoms with Crippen LogP contribution in [0, 0.1) is 0 Å². The first-order valence-electron chi connectivity index (χ1n) is 13.4. The first-order valence-corrected chi connectivity index (χ1v) is 14.2. The molecule has 3 aromatic heterocycles. The van der Waals surface area contributed by atoms with Crippen molar-refractivity contribution in [2.45, 2.75) is 13.3 Å². The Labute approximate surface area is 238 Å². The lowest BCUT2D eigenvalue weighted by Crippen LogP contribution is -2.23. The summed E-state index contributed by atoms with van der Waals surface area (Å²) in [5.41, 5.74) is 3.86. The molecule has 0 saturated heterocycles. The molecule has 0 N–H and O–H groups in total. The topological polar surface area (TPSA) is 92.8 Å². The zero-order chi connectivity index (χ0) is 27.8. The van der Waals surface area contributed by atoms with Gasteiger partial charge in [0.25, 0.3) is 5.56 Å². The number of rotatable bonds is 7. The molecule has 0 bridgehead atoms. The van der Waals surface area contributed by atoms with Crippen molar-refractivity contribution in [1.29, 1.82) is 0 Å². The molecule has 0 radical (unpaired) electrons. The predicted octanol–water partition coefficient (Wildman–Crippen LogP) is 4.78. The summed E-state index contributed by atoms with van der Waals surface area (Å²) in [5.74, 6) is 2.67. The van der Waals surface area contributed by atoms with Crippen LogP contribution in [0.1, 0.15) is 18.9 Å². The van der Waals surface area contributed by atoms with Crippen LogP contribution in [0.2, 0.25) is 0 Å². The van der Waals surface area contributed by atoms with Gasteiger partial charge in [-0.1, -0.05) is 36.5 Å². The molecule has 41 heavy (non-hydrogen) atoms. The summed E-state index contributed by atoms with van der Waals surface area (Å²) in [4.78, 5) is 18.6. The van der Waals surface area contributed by atoms with Crippen LogP contribution >= 0.6 is 11.3 Å². The molecule has 0 atom stereocenters. The van der Waals surface area contributed by atoms with E-state index in [1.54, 1.807) is 0 Å². The van der Waals surface area contributed by atoms with E-state index >= 15 is 0 Å². The molecule has 10 heteroatoms. The van der Waals surface area contributed by atoms with E-state index in [4.69, 9.17) is 19.3 Å². The zero-order valence-electron chi connectivity index (χ0n) is 22.2. The van der Waals surface area contributed by atoms with Crippen molar-refractivity contribution in [3.8, 4) is 45.6 Å². The number of ether oxygens (including phenoxy) is 3. The van der Waals surface area contributed by atoms with Gasteiger partial charge in [-0.3, -0.25) is 4.79 Å². The minimum absolute atomic E-state index is 0.229. The van der Waals surface area contributed by atoms with Gasteiger partial charge in [-0.05, 0) is 67.1 Å². The quantitative estimate of drug-likeness (QED) is 0.276. The maximum absolute atomic E-state index is 13.4. The molecule has 0 aliphatic carbocycles.